The van der Waals surface area contributed by atoms with Gasteiger partial charge in [0.15, 0.2) is 11.5 Å². The average Bonchev–Trinajstić information content (AvgIpc) is 2.39. The Morgan fingerprint density at radius 3 is 2.72 bits per heavy atom. The van der Waals surface area contributed by atoms with Crippen molar-refractivity contribution < 1.29 is 19.4 Å². The van der Waals surface area contributed by atoms with Crippen LogP contribution in [-0.2, 0) is 0 Å². The van der Waals surface area contributed by atoms with Crippen molar-refractivity contribution in [3.63, 3.8) is 0 Å². The van der Waals surface area contributed by atoms with Crippen LogP contribution < -0.4 is 9.47 Å². The van der Waals surface area contributed by atoms with E-state index in [2.05, 4.69) is 9.97 Å². The quantitative estimate of drug-likeness (QED) is 0.888. The van der Waals surface area contributed by atoms with Crippen LogP contribution in [0.2, 0.25) is 0 Å². The van der Waals surface area contributed by atoms with Gasteiger partial charge in [0.05, 0.1) is 18.9 Å². The highest BCUT2D eigenvalue weighted by Gasteiger charge is 2.11. The van der Waals surface area contributed by atoms with Crippen LogP contribution in [0.5, 0.6) is 17.4 Å². The first kappa shape index (κ1) is 11.8. The van der Waals surface area contributed by atoms with E-state index < -0.39 is 5.97 Å². The maximum absolute atomic E-state index is 10.9. The molecule has 6 heteroatoms. The van der Waals surface area contributed by atoms with Crippen molar-refractivity contribution in [1.29, 1.82) is 0 Å². The summed E-state index contributed by atoms with van der Waals surface area (Å²) in [6.45, 7) is 0. The van der Waals surface area contributed by atoms with Gasteiger partial charge in [0.1, 0.15) is 0 Å². The molecule has 1 heterocycles. The summed E-state index contributed by atoms with van der Waals surface area (Å²) in [5, 5.41) is 8.91. The van der Waals surface area contributed by atoms with Crippen LogP contribution in [0.4, 0.5) is 0 Å². The van der Waals surface area contributed by atoms with Gasteiger partial charge >= 0.3 is 5.97 Å². The molecule has 0 saturated heterocycles. The van der Waals surface area contributed by atoms with Crippen molar-refractivity contribution in [3.05, 3.63) is 42.4 Å². The number of rotatable bonds is 4. The molecule has 1 N–H and O–H groups in total. The van der Waals surface area contributed by atoms with E-state index in [1.165, 1.54) is 43.9 Å². The van der Waals surface area contributed by atoms with Crippen molar-refractivity contribution in [2.75, 3.05) is 7.11 Å². The maximum atomic E-state index is 10.9. The molecule has 0 aliphatic heterocycles. The molecule has 0 radical (unpaired) electrons. The number of methoxy groups -OCH3 is 1. The molecule has 0 atom stereocenters. The van der Waals surface area contributed by atoms with Gasteiger partial charge in [-0.2, -0.15) is 0 Å². The van der Waals surface area contributed by atoms with Crippen LogP contribution in [0.15, 0.2) is 36.8 Å². The molecule has 92 valence electrons. The molecule has 1 aromatic heterocycles. The summed E-state index contributed by atoms with van der Waals surface area (Å²) >= 11 is 0. The van der Waals surface area contributed by atoms with E-state index in [0.717, 1.165) is 0 Å². The minimum Gasteiger partial charge on any atom is -0.493 e. The summed E-state index contributed by atoms with van der Waals surface area (Å²) in [5.41, 5.74) is 0.106. The fourth-order valence-electron chi connectivity index (χ4n) is 1.34. The van der Waals surface area contributed by atoms with Crippen molar-refractivity contribution in [2.24, 2.45) is 0 Å². The summed E-state index contributed by atoms with van der Waals surface area (Å²) in [4.78, 5) is 18.7. The SMILES string of the molecule is COc1ccc(C(=O)O)cc1Oc1cnccn1. The largest absolute Gasteiger partial charge is 0.493 e. The standard InChI is InChI=1S/C12H10N2O4/c1-17-9-3-2-8(12(15)16)6-10(9)18-11-7-13-4-5-14-11/h2-7H,1H3,(H,15,16). The molecular formula is C12H10N2O4. The molecule has 0 amide bonds. The average molecular weight is 246 g/mol. The van der Waals surface area contributed by atoms with Gasteiger partial charge < -0.3 is 14.6 Å². The molecule has 0 fully saturated rings. The number of carbonyl (C=O) groups is 1. The summed E-state index contributed by atoms with van der Waals surface area (Å²) in [6.07, 6.45) is 4.41. The van der Waals surface area contributed by atoms with E-state index in [-0.39, 0.29) is 17.2 Å². The summed E-state index contributed by atoms with van der Waals surface area (Å²) in [7, 11) is 1.47. The molecule has 6 nitrogen and oxygen atoms in total. The Morgan fingerprint density at radius 1 is 1.28 bits per heavy atom. The van der Waals surface area contributed by atoms with E-state index in [1.807, 2.05) is 0 Å². The van der Waals surface area contributed by atoms with Gasteiger partial charge in [0.25, 0.3) is 0 Å². The number of hydrogen-bond donors (Lipinski definition) is 1. The Hall–Kier alpha value is -2.63. The minimum absolute atomic E-state index is 0.106. The first-order valence-electron chi connectivity index (χ1n) is 5.06. The van der Waals surface area contributed by atoms with E-state index in [4.69, 9.17) is 14.6 Å². The first-order valence-corrected chi connectivity index (χ1v) is 5.06. The summed E-state index contributed by atoms with van der Waals surface area (Å²) < 4.78 is 10.5. The Morgan fingerprint density at radius 2 is 2.11 bits per heavy atom. The van der Waals surface area contributed by atoms with Crippen molar-refractivity contribution in [1.82, 2.24) is 9.97 Å². The molecule has 1 aromatic carbocycles. The summed E-state index contributed by atoms with van der Waals surface area (Å²) in [6, 6.07) is 4.33. The molecule has 0 spiro atoms. The molecular weight excluding hydrogens is 236 g/mol. The van der Waals surface area contributed by atoms with E-state index >= 15 is 0 Å². The monoisotopic (exact) mass is 246 g/mol. The second-order valence-corrected chi connectivity index (χ2v) is 3.32. The molecule has 0 bridgehead atoms. The van der Waals surface area contributed by atoms with Gasteiger partial charge in [-0.15, -0.1) is 0 Å². The Balaban J connectivity index is 2.35. The maximum Gasteiger partial charge on any atom is 0.335 e. The van der Waals surface area contributed by atoms with Gasteiger partial charge in [-0.05, 0) is 18.2 Å². The predicted molar refractivity (Wildman–Crippen MR) is 62.1 cm³/mol. The third-order valence-electron chi connectivity index (χ3n) is 2.16. The second-order valence-electron chi connectivity index (χ2n) is 3.32. The number of hydrogen-bond acceptors (Lipinski definition) is 5. The third-order valence-corrected chi connectivity index (χ3v) is 2.16. The van der Waals surface area contributed by atoms with Crippen molar-refractivity contribution in [3.8, 4) is 17.4 Å². The van der Waals surface area contributed by atoms with E-state index in [9.17, 15) is 4.79 Å². The Kier molecular flexibility index (Phi) is 3.38. The van der Waals surface area contributed by atoms with Crippen LogP contribution in [-0.4, -0.2) is 28.2 Å². The van der Waals surface area contributed by atoms with Crippen LogP contribution >= 0.6 is 0 Å². The molecule has 2 rings (SSSR count). The summed E-state index contributed by atoms with van der Waals surface area (Å²) in [5.74, 6) is -0.0801. The first-order chi connectivity index (χ1) is 8.70. The lowest BCUT2D eigenvalue weighted by molar-refractivity contribution is 0.0696. The molecule has 18 heavy (non-hydrogen) atoms. The van der Waals surface area contributed by atoms with Gasteiger partial charge in [0.2, 0.25) is 5.88 Å². The molecule has 2 aromatic rings. The fraction of sp³-hybridized carbons (Fsp3) is 0.0833. The Bertz CT molecular complexity index is 557. The van der Waals surface area contributed by atoms with Gasteiger partial charge in [-0.25, -0.2) is 9.78 Å². The number of aromatic nitrogens is 2. The highest BCUT2D eigenvalue weighted by Crippen LogP contribution is 2.31. The number of nitrogens with zero attached hydrogens (tertiary/aromatic N) is 2. The van der Waals surface area contributed by atoms with Crippen molar-refractivity contribution >= 4 is 5.97 Å². The van der Waals surface area contributed by atoms with Gasteiger partial charge in [-0.3, -0.25) is 4.98 Å². The zero-order chi connectivity index (χ0) is 13.0. The van der Waals surface area contributed by atoms with E-state index in [1.54, 1.807) is 0 Å². The molecule has 0 unspecified atom stereocenters. The number of benzene rings is 1. The Labute approximate surface area is 103 Å². The lowest BCUT2D eigenvalue weighted by atomic mass is 10.2. The fourth-order valence-corrected chi connectivity index (χ4v) is 1.34. The lowest BCUT2D eigenvalue weighted by Gasteiger charge is -2.09. The van der Waals surface area contributed by atoms with E-state index in [0.29, 0.717) is 5.75 Å². The van der Waals surface area contributed by atoms with Crippen LogP contribution in [0.3, 0.4) is 0 Å². The number of carboxylic acid groups (broad SMARTS) is 1. The van der Waals surface area contributed by atoms with Gasteiger partial charge in [-0.1, -0.05) is 0 Å². The zero-order valence-corrected chi connectivity index (χ0v) is 9.53. The zero-order valence-electron chi connectivity index (χ0n) is 9.53. The smallest absolute Gasteiger partial charge is 0.335 e. The number of carboxylic acids is 1. The second kappa shape index (κ2) is 5.13. The minimum atomic E-state index is -1.04. The van der Waals surface area contributed by atoms with Crippen LogP contribution in [0.1, 0.15) is 10.4 Å². The molecule has 0 aliphatic carbocycles. The van der Waals surface area contributed by atoms with Gasteiger partial charge in [0, 0.05) is 12.4 Å². The molecule has 0 aliphatic rings. The lowest BCUT2D eigenvalue weighted by Crippen LogP contribution is -1.99. The highest BCUT2D eigenvalue weighted by atomic mass is 16.5. The normalized spacial score (nSPS) is 9.83. The van der Waals surface area contributed by atoms with Crippen molar-refractivity contribution in [2.45, 2.75) is 0 Å². The molecule has 0 saturated carbocycles. The predicted octanol–water partition coefficient (Wildman–Crippen LogP) is 1.98. The van der Waals surface area contributed by atoms with Crippen LogP contribution in [0.25, 0.3) is 0 Å². The highest BCUT2D eigenvalue weighted by molar-refractivity contribution is 5.88. The topological polar surface area (TPSA) is 81.5 Å². The number of ether oxygens (including phenoxy) is 2. The third kappa shape index (κ3) is 2.54. The van der Waals surface area contributed by atoms with Crippen LogP contribution in [0, 0.1) is 0 Å². The number of aromatic carboxylic acids is 1.